The first-order chi connectivity index (χ1) is 5.89. The minimum atomic E-state index is -4.97. The van der Waals surface area contributed by atoms with Crippen LogP contribution in [0.25, 0.3) is 0 Å². The van der Waals surface area contributed by atoms with Crippen molar-refractivity contribution in [2.45, 2.75) is 30.9 Å². The molecule has 0 aliphatic rings. The topological polar surface area (TPSA) is 54.4 Å². The van der Waals surface area contributed by atoms with E-state index in [0.29, 0.717) is 0 Å². The van der Waals surface area contributed by atoms with Gasteiger partial charge in [-0.3, -0.25) is 8.94 Å². The zero-order valence-corrected chi connectivity index (χ0v) is 11.7. The fourth-order valence-electron chi connectivity index (χ4n) is 0.751. The van der Waals surface area contributed by atoms with E-state index in [4.69, 9.17) is 4.55 Å². The normalized spacial score (nSPS) is 15.7. The van der Waals surface area contributed by atoms with Crippen molar-refractivity contribution in [3.63, 3.8) is 0 Å². The van der Waals surface area contributed by atoms with Gasteiger partial charge in [-0.25, -0.2) is 8.78 Å². The van der Waals surface area contributed by atoms with E-state index in [2.05, 4.69) is 0 Å². The predicted octanol–water partition coefficient (Wildman–Crippen LogP) is -1.24. The molecule has 2 unspecified atom stereocenters. The summed E-state index contributed by atoms with van der Waals surface area (Å²) in [5.74, 6) is 0. The minimum Gasteiger partial charge on any atom is -1.00 e. The zero-order chi connectivity index (χ0) is 10.5. The van der Waals surface area contributed by atoms with Crippen molar-refractivity contribution >= 4 is 10.1 Å². The minimum absolute atomic E-state index is 0. The van der Waals surface area contributed by atoms with Gasteiger partial charge in [0, 0.05) is 0 Å². The maximum absolute atomic E-state index is 12.6. The first-order valence-electron chi connectivity index (χ1n) is 3.70. The molecule has 0 heterocycles. The number of hydrogen-bond donors (Lipinski definition) is 1. The summed E-state index contributed by atoms with van der Waals surface area (Å²) in [6, 6.07) is 0. The summed E-state index contributed by atoms with van der Waals surface area (Å²) < 4.78 is 64.7. The Bertz CT molecular complexity index is 240. The van der Waals surface area contributed by atoms with Crippen molar-refractivity contribution in [2.24, 2.45) is 0 Å². The predicted molar refractivity (Wildman–Crippen MR) is 42.3 cm³/mol. The van der Waals surface area contributed by atoms with E-state index >= 15 is 0 Å². The largest absolute Gasteiger partial charge is 1.00 e. The standard InChI is InChI=1S/C6H11F3O3S.K.H/c7-4-2-1-3-5(8)6(9)13(10,11)12;;/h5-6H,1-4H2,(H,10,11,12);;/q;+1;-1. The first kappa shape index (κ1) is 17.7. The number of rotatable bonds is 6. The van der Waals surface area contributed by atoms with Crippen LogP contribution in [0, 0.1) is 0 Å². The Morgan fingerprint density at radius 2 is 1.79 bits per heavy atom. The van der Waals surface area contributed by atoms with Crippen LogP contribution in [0.5, 0.6) is 0 Å². The number of halogens is 3. The van der Waals surface area contributed by atoms with Crippen LogP contribution >= 0.6 is 0 Å². The van der Waals surface area contributed by atoms with Crippen molar-refractivity contribution in [3.05, 3.63) is 0 Å². The Balaban J connectivity index is -0.000000720. The zero-order valence-electron chi connectivity index (χ0n) is 8.79. The summed E-state index contributed by atoms with van der Waals surface area (Å²) in [7, 11) is -4.97. The quantitative estimate of drug-likeness (QED) is 0.369. The van der Waals surface area contributed by atoms with Gasteiger partial charge in [0.05, 0.1) is 6.67 Å². The molecule has 0 spiro atoms. The molecule has 0 saturated heterocycles. The molecular formula is C6H12F3KO3S. The monoisotopic (exact) mass is 260 g/mol. The third kappa shape index (κ3) is 7.61. The van der Waals surface area contributed by atoms with Crippen LogP contribution in [0.3, 0.4) is 0 Å². The van der Waals surface area contributed by atoms with Crippen molar-refractivity contribution in [2.75, 3.05) is 6.67 Å². The van der Waals surface area contributed by atoms with Gasteiger partial charge in [0.2, 0.25) is 0 Å². The maximum Gasteiger partial charge on any atom is 1.00 e. The van der Waals surface area contributed by atoms with Crippen LogP contribution in [-0.2, 0) is 10.1 Å². The van der Waals surface area contributed by atoms with Crippen molar-refractivity contribution in [1.29, 1.82) is 0 Å². The number of hydrogen-bond acceptors (Lipinski definition) is 2. The molecule has 0 radical (unpaired) electrons. The SMILES string of the molecule is O=S(=O)(O)C(F)C(F)CCCCF.[H-].[K+]. The van der Waals surface area contributed by atoms with Crippen LogP contribution in [-0.4, -0.2) is 31.3 Å². The molecule has 14 heavy (non-hydrogen) atoms. The van der Waals surface area contributed by atoms with Gasteiger partial charge in [-0.15, -0.1) is 0 Å². The smallest absolute Gasteiger partial charge is 1.00 e. The molecule has 3 nitrogen and oxygen atoms in total. The summed E-state index contributed by atoms with van der Waals surface area (Å²) >= 11 is 0. The molecule has 0 rings (SSSR count). The van der Waals surface area contributed by atoms with Crippen LogP contribution < -0.4 is 51.4 Å². The Morgan fingerprint density at radius 1 is 1.29 bits per heavy atom. The Kier molecular flexibility index (Phi) is 10.7. The number of alkyl halides is 3. The molecule has 0 fully saturated rings. The summed E-state index contributed by atoms with van der Waals surface area (Å²) in [5.41, 5.74) is -2.92. The van der Waals surface area contributed by atoms with Crippen LogP contribution in [0.2, 0.25) is 0 Å². The molecule has 82 valence electrons. The molecule has 0 amide bonds. The molecule has 0 aliphatic carbocycles. The maximum atomic E-state index is 12.6. The molecular weight excluding hydrogens is 248 g/mol. The summed E-state index contributed by atoms with van der Waals surface area (Å²) in [5, 5.41) is 0. The van der Waals surface area contributed by atoms with Gasteiger partial charge in [-0.05, 0) is 19.3 Å². The van der Waals surface area contributed by atoms with E-state index in [1.54, 1.807) is 0 Å². The molecule has 0 saturated carbocycles. The van der Waals surface area contributed by atoms with E-state index in [0.717, 1.165) is 0 Å². The molecule has 2 atom stereocenters. The van der Waals surface area contributed by atoms with Gasteiger partial charge >= 0.3 is 61.5 Å². The van der Waals surface area contributed by atoms with E-state index in [1.807, 2.05) is 0 Å². The second-order valence-corrected chi connectivity index (χ2v) is 4.05. The average molecular weight is 260 g/mol. The average Bonchev–Trinajstić information content (AvgIpc) is 2.01. The molecule has 1 N–H and O–H groups in total. The molecule has 0 aromatic rings. The van der Waals surface area contributed by atoms with Crippen molar-refractivity contribution in [1.82, 2.24) is 0 Å². The van der Waals surface area contributed by atoms with Gasteiger partial charge in [-0.2, -0.15) is 8.42 Å². The summed E-state index contributed by atoms with van der Waals surface area (Å²) in [4.78, 5) is 0. The molecule has 8 heteroatoms. The molecule has 0 bridgehead atoms. The third-order valence-corrected chi connectivity index (χ3v) is 2.30. The van der Waals surface area contributed by atoms with Crippen LogP contribution in [0.1, 0.15) is 20.7 Å². The van der Waals surface area contributed by atoms with Crippen LogP contribution in [0.4, 0.5) is 13.2 Å². The van der Waals surface area contributed by atoms with Gasteiger partial charge in [0.15, 0.2) is 0 Å². The Labute approximate surface area is 125 Å². The van der Waals surface area contributed by atoms with Gasteiger partial charge < -0.3 is 1.43 Å². The fraction of sp³-hybridized carbons (Fsp3) is 1.00. The van der Waals surface area contributed by atoms with E-state index in [1.165, 1.54) is 0 Å². The molecule has 0 aliphatic heterocycles. The van der Waals surface area contributed by atoms with Crippen molar-refractivity contribution < 1.29 is 79.0 Å². The van der Waals surface area contributed by atoms with E-state index in [-0.39, 0.29) is 65.7 Å². The van der Waals surface area contributed by atoms with Crippen molar-refractivity contribution in [3.8, 4) is 0 Å². The van der Waals surface area contributed by atoms with Gasteiger partial charge in [0.25, 0.3) is 5.50 Å². The Morgan fingerprint density at radius 3 is 2.14 bits per heavy atom. The Hall–Kier alpha value is 1.34. The first-order valence-corrected chi connectivity index (χ1v) is 5.20. The van der Waals surface area contributed by atoms with Crippen LogP contribution in [0.15, 0.2) is 0 Å². The van der Waals surface area contributed by atoms with Gasteiger partial charge in [-0.1, -0.05) is 0 Å². The second-order valence-electron chi connectivity index (χ2n) is 2.57. The second kappa shape index (κ2) is 8.48. The third-order valence-electron chi connectivity index (χ3n) is 1.43. The van der Waals surface area contributed by atoms with E-state index < -0.39 is 34.9 Å². The van der Waals surface area contributed by atoms with E-state index in [9.17, 15) is 21.6 Å². The fourth-order valence-corrected chi connectivity index (χ4v) is 1.26. The molecule has 0 aromatic heterocycles. The molecule has 0 aromatic carbocycles. The van der Waals surface area contributed by atoms with Gasteiger partial charge in [0.1, 0.15) is 6.17 Å². The summed E-state index contributed by atoms with van der Waals surface area (Å²) in [6.45, 7) is -0.657. The summed E-state index contributed by atoms with van der Waals surface area (Å²) in [6.07, 6.45) is -2.60. The number of unbranched alkanes of at least 4 members (excludes halogenated alkanes) is 1.